The summed E-state index contributed by atoms with van der Waals surface area (Å²) in [6, 6.07) is 0. The van der Waals surface area contributed by atoms with Crippen molar-refractivity contribution in [3.05, 3.63) is 0 Å². The molecule has 0 spiro atoms. The molecule has 0 N–H and O–H groups in total. The summed E-state index contributed by atoms with van der Waals surface area (Å²) in [6.45, 7) is 0. The molecule has 0 aliphatic heterocycles. The molecule has 0 atom stereocenters. The first-order chi connectivity index (χ1) is 28.9. The average Bonchev–Trinajstić information content (AvgIpc) is 3.23. The Labute approximate surface area is 343 Å². The summed E-state index contributed by atoms with van der Waals surface area (Å²) in [5.74, 6) is 138. The molecule has 58 heavy (non-hydrogen) atoms. The zero-order chi connectivity index (χ0) is 41.6. The van der Waals surface area contributed by atoms with Crippen LogP contribution in [0.25, 0.3) is 0 Å². The predicted molar refractivity (Wildman–Crippen MR) is 228 cm³/mol. The van der Waals surface area contributed by atoms with Gasteiger partial charge in [-0.3, -0.25) is 0 Å². The monoisotopic (exact) mass is 698 g/mol. The first kappa shape index (κ1) is 45.2. The molecule has 0 aromatic rings. The van der Waals surface area contributed by atoms with E-state index in [1.807, 2.05) is 0 Å². The average molecular weight is 699 g/mol. The Hall–Kier alpha value is -12.8. The molecule has 0 aliphatic rings. The first-order valence-electron chi connectivity index (χ1n) is 14.3. The van der Waals surface area contributed by atoms with Crippen molar-refractivity contribution in [3.8, 4) is 344 Å². The Morgan fingerprint density at radius 2 is 0.138 bits per heavy atom. The molecular weight excluding hydrogens is 697 g/mol. The van der Waals surface area contributed by atoms with E-state index in [0.717, 1.165) is 0 Å². The lowest BCUT2D eigenvalue weighted by atomic mass is 10.4. The minimum atomic E-state index is 2.12. The maximum atomic E-state index is 4.94. The molecule has 0 aliphatic carbocycles. The fourth-order valence-electron chi connectivity index (χ4n) is 1.70. The van der Waals surface area contributed by atoms with Crippen LogP contribution in [0.1, 0.15) is 0 Å². The van der Waals surface area contributed by atoms with Gasteiger partial charge in [-0.25, -0.2) is 0 Å². The van der Waals surface area contributed by atoms with Crippen LogP contribution in [-0.2, 0) is 0 Å². The minimum Gasteiger partial charge on any atom is -0.106 e. The molecule has 0 saturated heterocycles. The van der Waals surface area contributed by atoms with Crippen LogP contribution in [0.2, 0.25) is 0 Å². The van der Waals surface area contributed by atoms with E-state index in [-0.39, 0.29) is 0 Å². The maximum absolute atomic E-state index is 4.94. The van der Waals surface area contributed by atoms with E-state index in [4.69, 9.17) is 12.8 Å². The number of rotatable bonds is 0. The van der Waals surface area contributed by atoms with E-state index in [1.165, 1.54) is 0 Å². The summed E-state index contributed by atoms with van der Waals surface area (Å²) in [5, 5.41) is 0. The molecule has 0 aromatic heterocycles. The van der Waals surface area contributed by atoms with Crippen LogP contribution in [0, 0.1) is 344 Å². The van der Waals surface area contributed by atoms with Crippen molar-refractivity contribution in [1.29, 1.82) is 0 Å². The van der Waals surface area contributed by atoms with Gasteiger partial charge in [-0.1, -0.05) is 0 Å². The van der Waals surface area contributed by atoms with Crippen molar-refractivity contribution in [2.45, 2.75) is 0 Å². The van der Waals surface area contributed by atoms with Gasteiger partial charge in [0.1, 0.15) is 0 Å². The van der Waals surface area contributed by atoms with Crippen molar-refractivity contribution >= 4 is 0 Å². The number of hydrogen-bond acceptors (Lipinski definition) is 0. The molecular formula is C58H2. The van der Waals surface area contributed by atoms with Gasteiger partial charge in [-0.05, 0) is 94.7 Å². The Morgan fingerprint density at radius 1 is 0.0862 bits per heavy atom. The highest BCUT2D eigenvalue weighted by Gasteiger charge is 1.63. The van der Waals surface area contributed by atoms with Crippen LogP contribution >= 0.6 is 0 Å². The third-order valence-electron chi connectivity index (χ3n) is 3.46. The number of hydrogen-bond donors (Lipinski definition) is 0. The normalized spacial score (nSPS) is 3.90. The SMILES string of the molecule is C#CC#CC#CC#CC#CC#CC#CC#CC#CC#CC#CC#CC#CC#CC#CC#CC#CC#CC#CC#CC#CC#CC#CC#CC#CC#CC#CC#CC#C. The Kier molecular flexibility index (Phi) is 34.5. The highest BCUT2D eigenvalue weighted by molar-refractivity contribution is 5.51. The summed E-state index contributed by atoms with van der Waals surface area (Å²) < 4.78 is 0. The third-order valence-corrected chi connectivity index (χ3v) is 3.46. The van der Waals surface area contributed by atoms with Crippen LogP contribution in [0.15, 0.2) is 0 Å². The van der Waals surface area contributed by atoms with Crippen LogP contribution < -0.4 is 0 Å². The summed E-state index contributed by atoms with van der Waals surface area (Å²) >= 11 is 0. The fourth-order valence-corrected chi connectivity index (χ4v) is 1.70. The van der Waals surface area contributed by atoms with Crippen molar-refractivity contribution in [1.82, 2.24) is 0 Å². The Balaban J connectivity index is 4.58. The second-order valence-electron chi connectivity index (χ2n) is 7.04. The predicted octanol–water partition coefficient (Wildman–Crippen LogP) is 0.345. The smallest absolute Gasteiger partial charge is 0 e. The molecule has 0 rings (SSSR count). The maximum Gasteiger partial charge on any atom is 0 e. The molecule has 0 aromatic carbocycles. The van der Waals surface area contributed by atoms with Crippen LogP contribution in [0.3, 0.4) is 0 Å². The van der Waals surface area contributed by atoms with Crippen LogP contribution in [0.4, 0.5) is 0 Å². The molecule has 0 bridgehead atoms. The molecule has 234 valence electrons. The summed E-state index contributed by atoms with van der Waals surface area (Å²) in [6.07, 6.45) is 9.88. The van der Waals surface area contributed by atoms with Gasteiger partial charge in [0, 0.05) is 237 Å². The fraction of sp³-hybridized carbons (Fsp3) is 0. The zero-order valence-corrected chi connectivity index (χ0v) is 29.2. The molecule has 0 unspecified atom stereocenters. The minimum absolute atomic E-state index is 2.12. The first-order valence-corrected chi connectivity index (χ1v) is 14.3. The van der Waals surface area contributed by atoms with Crippen LogP contribution in [0.5, 0.6) is 0 Å². The Morgan fingerprint density at radius 3 is 0.190 bits per heavy atom. The summed E-state index contributed by atoms with van der Waals surface area (Å²) in [4.78, 5) is 0. The second kappa shape index (κ2) is 44.2. The van der Waals surface area contributed by atoms with Crippen molar-refractivity contribution in [3.63, 3.8) is 0 Å². The van der Waals surface area contributed by atoms with Gasteiger partial charge in [0.2, 0.25) is 0 Å². The summed E-state index contributed by atoms with van der Waals surface area (Å²) in [7, 11) is 0. The molecule has 0 saturated carbocycles. The van der Waals surface area contributed by atoms with E-state index < -0.39 is 0 Å². The molecule has 0 heterocycles. The molecule has 0 radical (unpaired) electrons. The Bertz CT molecular complexity index is 3420. The largest absolute Gasteiger partial charge is 0.106 e. The van der Waals surface area contributed by atoms with Gasteiger partial charge in [-0.2, -0.15) is 0 Å². The quantitative estimate of drug-likeness (QED) is 0.321. The highest BCUT2D eigenvalue weighted by atomic mass is 13.6. The summed E-state index contributed by atoms with van der Waals surface area (Å²) in [5.41, 5.74) is 0. The van der Waals surface area contributed by atoms with Gasteiger partial charge in [0.15, 0.2) is 0 Å². The van der Waals surface area contributed by atoms with E-state index in [9.17, 15) is 0 Å². The third kappa shape index (κ3) is 43.2. The van der Waals surface area contributed by atoms with Crippen molar-refractivity contribution < 1.29 is 0 Å². The van der Waals surface area contributed by atoms with Crippen molar-refractivity contribution in [2.75, 3.05) is 0 Å². The van der Waals surface area contributed by atoms with E-state index in [1.54, 1.807) is 0 Å². The standard InChI is InChI=1S/C58H2/c1-3-5-7-9-11-13-15-17-19-21-23-25-27-29-31-33-35-37-39-41-43-45-47-49-51-53-55-57-58-56-54-52-50-48-46-44-42-40-38-36-34-32-30-28-26-24-22-20-18-16-14-12-10-8-6-4-2/h1-2H. The topological polar surface area (TPSA) is 0 Å². The van der Waals surface area contributed by atoms with E-state index >= 15 is 0 Å². The second-order valence-corrected chi connectivity index (χ2v) is 7.04. The lowest BCUT2D eigenvalue weighted by Crippen LogP contribution is -1.57. The van der Waals surface area contributed by atoms with Crippen molar-refractivity contribution in [2.24, 2.45) is 0 Å². The van der Waals surface area contributed by atoms with Gasteiger partial charge >= 0.3 is 0 Å². The van der Waals surface area contributed by atoms with E-state index in [0.29, 0.717) is 0 Å². The van der Waals surface area contributed by atoms with Gasteiger partial charge in [0.25, 0.3) is 0 Å². The van der Waals surface area contributed by atoms with Crippen LogP contribution in [-0.4, -0.2) is 0 Å². The molecule has 0 amide bonds. The lowest BCUT2D eigenvalue weighted by Gasteiger charge is -1.57. The van der Waals surface area contributed by atoms with E-state index in [2.05, 4.69) is 332 Å². The molecule has 0 heteroatoms. The lowest BCUT2D eigenvalue weighted by molar-refractivity contribution is 2.31. The number of terminal acetylenes is 2. The van der Waals surface area contributed by atoms with Gasteiger partial charge in [0.05, 0.1) is 0 Å². The molecule has 0 nitrogen and oxygen atoms in total. The van der Waals surface area contributed by atoms with Gasteiger partial charge < -0.3 is 0 Å². The van der Waals surface area contributed by atoms with Gasteiger partial charge in [-0.15, -0.1) is 12.8 Å². The highest BCUT2D eigenvalue weighted by Crippen LogP contribution is 1.63. The zero-order valence-electron chi connectivity index (χ0n) is 29.2. The molecule has 0 fully saturated rings.